The van der Waals surface area contributed by atoms with Gasteiger partial charge in [0.2, 0.25) is 10.0 Å². The van der Waals surface area contributed by atoms with Crippen LogP contribution in [0.4, 0.5) is 0 Å². The maximum Gasteiger partial charge on any atom is 0.322 e. The highest BCUT2D eigenvalue weighted by molar-refractivity contribution is 7.90. The van der Waals surface area contributed by atoms with E-state index < -0.39 is 21.7 Å². The zero-order chi connectivity index (χ0) is 12.2. The first-order valence-electron chi connectivity index (χ1n) is 4.79. The van der Waals surface area contributed by atoms with Crippen LogP contribution in [0.5, 0.6) is 0 Å². The summed E-state index contributed by atoms with van der Waals surface area (Å²) in [5.74, 6) is -1.45. The predicted molar refractivity (Wildman–Crippen MR) is 56.4 cm³/mol. The summed E-state index contributed by atoms with van der Waals surface area (Å²) in [6, 6.07) is -0.348. The van der Waals surface area contributed by atoms with Gasteiger partial charge in [-0.25, -0.2) is 13.1 Å². The Balaban J connectivity index is 2.55. The molecule has 2 N–H and O–H groups in total. The van der Waals surface area contributed by atoms with Crippen molar-refractivity contribution in [1.82, 2.24) is 10.0 Å². The summed E-state index contributed by atoms with van der Waals surface area (Å²) in [4.78, 5) is 10.9. The lowest BCUT2D eigenvalue weighted by molar-refractivity contribution is -0.137. The summed E-state index contributed by atoms with van der Waals surface area (Å²) in [7, 11) is -1.00. The fourth-order valence-corrected chi connectivity index (χ4v) is 2.71. The Morgan fingerprint density at radius 3 is 2.69 bits per heavy atom. The first-order valence-corrected chi connectivity index (χ1v) is 6.44. The third-order valence-electron chi connectivity index (χ3n) is 2.33. The number of methoxy groups -OCH3 is 2. The van der Waals surface area contributed by atoms with Crippen LogP contribution in [0.3, 0.4) is 0 Å². The van der Waals surface area contributed by atoms with Gasteiger partial charge in [0.05, 0.1) is 19.3 Å². The second-order valence-electron chi connectivity index (χ2n) is 3.49. The van der Waals surface area contributed by atoms with E-state index in [2.05, 4.69) is 14.8 Å². The average molecular weight is 252 g/mol. The molecular formula is C8H16N2O5S. The SMILES string of the molecule is COC(=O)CS(=O)(=O)NC1CNC[C@@H]1OC. The smallest absolute Gasteiger partial charge is 0.322 e. The molecule has 0 radical (unpaired) electrons. The Labute approximate surface area is 94.5 Å². The Morgan fingerprint density at radius 1 is 1.44 bits per heavy atom. The Hall–Kier alpha value is -0.700. The molecule has 7 nitrogen and oxygen atoms in total. The fourth-order valence-electron chi connectivity index (χ4n) is 1.51. The lowest BCUT2D eigenvalue weighted by atomic mass is 10.2. The highest BCUT2D eigenvalue weighted by Crippen LogP contribution is 2.05. The van der Waals surface area contributed by atoms with Gasteiger partial charge in [-0.3, -0.25) is 4.79 Å². The highest BCUT2D eigenvalue weighted by Gasteiger charge is 2.31. The summed E-state index contributed by atoms with van der Waals surface area (Å²) in [6.45, 7) is 1.07. The van der Waals surface area contributed by atoms with Gasteiger partial charge in [-0.15, -0.1) is 0 Å². The molecular weight excluding hydrogens is 236 g/mol. The summed E-state index contributed by atoms with van der Waals surface area (Å²) in [6.07, 6.45) is -0.215. The molecule has 1 rings (SSSR count). The molecule has 1 aliphatic heterocycles. The largest absolute Gasteiger partial charge is 0.468 e. The van der Waals surface area contributed by atoms with Gasteiger partial charge in [-0.2, -0.15) is 0 Å². The maximum absolute atomic E-state index is 11.5. The number of sulfonamides is 1. The van der Waals surface area contributed by atoms with Crippen molar-refractivity contribution in [1.29, 1.82) is 0 Å². The standard InChI is InChI=1S/C8H16N2O5S/c1-14-7-4-9-3-6(7)10-16(12,13)5-8(11)15-2/h6-7,9-10H,3-5H2,1-2H3/t6?,7-/m0/s1. The second kappa shape index (κ2) is 5.58. The first kappa shape index (κ1) is 13.4. The summed E-state index contributed by atoms with van der Waals surface area (Å²) >= 11 is 0. The van der Waals surface area contributed by atoms with E-state index in [1.165, 1.54) is 7.11 Å². The summed E-state index contributed by atoms with van der Waals surface area (Å²) in [5.41, 5.74) is 0. The van der Waals surface area contributed by atoms with Crippen LogP contribution < -0.4 is 10.0 Å². The summed E-state index contributed by atoms with van der Waals surface area (Å²) in [5, 5.41) is 3.00. The van der Waals surface area contributed by atoms with Crippen molar-refractivity contribution in [2.45, 2.75) is 12.1 Å². The molecule has 0 amide bonds. The Kier molecular flexibility index (Phi) is 4.66. The van der Waals surface area contributed by atoms with Gasteiger partial charge in [-0.1, -0.05) is 0 Å². The van der Waals surface area contributed by atoms with E-state index in [1.54, 1.807) is 0 Å². The third kappa shape index (κ3) is 3.71. The van der Waals surface area contributed by atoms with Crippen LogP contribution in [0.25, 0.3) is 0 Å². The van der Waals surface area contributed by atoms with Crippen molar-refractivity contribution in [2.75, 3.05) is 33.1 Å². The van der Waals surface area contributed by atoms with E-state index in [9.17, 15) is 13.2 Å². The number of carbonyl (C=O) groups excluding carboxylic acids is 1. The molecule has 1 saturated heterocycles. The molecule has 1 fully saturated rings. The van der Waals surface area contributed by atoms with Gasteiger partial charge in [0.1, 0.15) is 0 Å². The number of ether oxygens (including phenoxy) is 2. The molecule has 0 aromatic carbocycles. The lowest BCUT2D eigenvalue weighted by Gasteiger charge is -2.17. The topological polar surface area (TPSA) is 93.7 Å². The van der Waals surface area contributed by atoms with Crippen molar-refractivity contribution in [2.24, 2.45) is 0 Å². The van der Waals surface area contributed by atoms with E-state index in [0.29, 0.717) is 13.1 Å². The number of nitrogens with one attached hydrogen (secondary N) is 2. The molecule has 8 heteroatoms. The molecule has 1 unspecified atom stereocenters. The van der Waals surface area contributed by atoms with Crippen LogP contribution in [0.2, 0.25) is 0 Å². The number of hydrogen-bond acceptors (Lipinski definition) is 6. The van der Waals surface area contributed by atoms with Crippen LogP contribution in [-0.2, 0) is 24.3 Å². The van der Waals surface area contributed by atoms with E-state index in [1.807, 2.05) is 0 Å². The molecule has 1 aliphatic rings. The molecule has 0 saturated carbocycles. The van der Waals surface area contributed by atoms with Crippen molar-refractivity contribution < 1.29 is 22.7 Å². The molecule has 0 aliphatic carbocycles. The zero-order valence-electron chi connectivity index (χ0n) is 9.23. The maximum atomic E-state index is 11.5. The van der Waals surface area contributed by atoms with Crippen LogP contribution >= 0.6 is 0 Å². The van der Waals surface area contributed by atoms with E-state index >= 15 is 0 Å². The zero-order valence-corrected chi connectivity index (χ0v) is 10.0. The van der Waals surface area contributed by atoms with E-state index in [-0.39, 0.29) is 12.1 Å². The van der Waals surface area contributed by atoms with Gasteiger partial charge in [0, 0.05) is 20.2 Å². The normalized spacial score (nSPS) is 25.6. The number of carbonyl (C=O) groups is 1. The molecule has 0 aromatic heterocycles. The first-order chi connectivity index (χ1) is 7.48. The number of esters is 1. The minimum Gasteiger partial charge on any atom is -0.468 e. The Morgan fingerprint density at radius 2 is 2.12 bits per heavy atom. The number of hydrogen-bond donors (Lipinski definition) is 2. The quantitative estimate of drug-likeness (QED) is 0.553. The molecule has 1 heterocycles. The minimum atomic E-state index is -3.66. The molecule has 0 spiro atoms. The van der Waals surface area contributed by atoms with Gasteiger partial charge in [-0.05, 0) is 0 Å². The number of rotatable bonds is 5. The molecule has 0 aromatic rings. The highest BCUT2D eigenvalue weighted by atomic mass is 32.2. The van der Waals surface area contributed by atoms with Crippen LogP contribution in [0.15, 0.2) is 0 Å². The Bertz CT molecular complexity index is 342. The van der Waals surface area contributed by atoms with Crippen molar-refractivity contribution in [3.05, 3.63) is 0 Å². The molecule has 2 atom stereocenters. The van der Waals surface area contributed by atoms with E-state index in [4.69, 9.17) is 4.74 Å². The van der Waals surface area contributed by atoms with Crippen LogP contribution in [0.1, 0.15) is 0 Å². The molecule has 16 heavy (non-hydrogen) atoms. The van der Waals surface area contributed by atoms with Crippen molar-refractivity contribution in [3.63, 3.8) is 0 Å². The van der Waals surface area contributed by atoms with Crippen molar-refractivity contribution in [3.8, 4) is 0 Å². The average Bonchev–Trinajstić information content (AvgIpc) is 2.63. The van der Waals surface area contributed by atoms with Gasteiger partial charge in [0.15, 0.2) is 5.75 Å². The monoisotopic (exact) mass is 252 g/mol. The minimum absolute atomic E-state index is 0.215. The van der Waals surface area contributed by atoms with Gasteiger partial charge < -0.3 is 14.8 Å². The fraction of sp³-hybridized carbons (Fsp3) is 0.875. The van der Waals surface area contributed by atoms with Gasteiger partial charge >= 0.3 is 5.97 Å². The summed E-state index contributed by atoms with van der Waals surface area (Å²) < 4.78 is 34.8. The van der Waals surface area contributed by atoms with Crippen LogP contribution in [0, 0.1) is 0 Å². The molecule has 0 bridgehead atoms. The van der Waals surface area contributed by atoms with Crippen molar-refractivity contribution >= 4 is 16.0 Å². The van der Waals surface area contributed by atoms with E-state index in [0.717, 1.165) is 7.11 Å². The van der Waals surface area contributed by atoms with Crippen LogP contribution in [-0.4, -0.2) is 59.6 Å². The molecule has 94 valence electrons. The lowest BCUT2D eigenvalue weighted by Crippen LogP contribution is -2.45. The second-order valence-corrected chi connectivity index (χ2v) is 5.25. The van der Waals surface area contributed by atoms with Gasteiger partial charge in [0.25, 0.3) is 0 Å². The third-order valence-corrected chi connectivity index (χ3v) is 3.61. The predicted octanol–water partition coefficient (Wildman–Crippen LogP) is -1.93.